The molecule has 0 atom stereocenters. The first-order valence-electron chi connectivity index (χ1n) is 8.27. The number of nitrogens with one attached hydrogen (secondary N) is 1. The molecule has 0 aliphatic carbocycles. The fraction of sp³-hybridized carbons (Fsp3) is 0.222. The van der Waals surface area contributed by atoms with E-state index < -0.39 is 26.5 Å². The Kier molecular flexibility index (Phi) is 5.59. The Morgan fingerprint density at radius 2 is 1.79 bits per heavy atom. The molecule has 0 fully saturated rings. The lowest BCUT2D eigenvalue weighted by atomic mass is 10.2. The fourth-order valence-electron chi connectivity index (χ4n) is 2.68. The van der Waals surface area contributed by atoms with Crippen molar-refractivity contribution < 1.29 is 26.7 Å². The number of fused-ring (bicyclic) bond motifs is 1. The first-order chi connectivity index (χ1) is 13.3. The Hall–Kier alpha value is -3.01. The molecule has 0 spiro atoms. The Balaban J connectivity index is 1.57. The number of aryl methyl sites for hydroxylation is 1. The molecule has 0 bridgehead atoms. The maximum atomic E-state index is 12.5. The van der Waals surface area contributed by atoms with Gasteiger partial charge in [0.25, 0.3) is 0 Å². The number of halogens is 2. The minimum absolute atomic E-state index is 0.0296. The Labute approximate surface area is 158 Å². The van der Waals surface area contributed by atoms with Crippen molar-refractivity contribution in [3.05, 3.63) is 64.6 Å². The third-order valence-corrected chi connectivity index (χ3v) is 5.49. The lowest BCUT2D eigenvalue weighted by molar-refractivity contribution is 0.0496. The van der Waals surface area contributed by atoms with Crippen LogP contribution in [0.25, 0.3) is 11.0 Å². The number of hydrogen-bond donors (Lipinski definition) is 1. The van der Waals surface area contributed by atoms with Crippen molar-refractivity contribution in [2.45, 2.75) is 23.6 Å². The summed E-state index contributed by atoms with van der Waals surface area (Å²) in [7, 11) is -4.71. The van der Waals surface area contributed by atoms with E-state index in [1.165, 1.54) is 4.57 Å². The summed E-state index contributed by atoms with van der Waals surface area (Å²) in [4.78, 5) is 26.1. The molecular weight excluding hydrogens is 394 g/mol. The summed E-state index contributed by atoms with van der Waals surface area (Å²) < 4.78 is 54.3. The van der Waals surface area contributed by atoms with Crippen molar-refractivity contribution in [3.8, 4) is 0 Å². The molecule has 0 aliphatic heterocycles. The van der Waals surface area contributed by atoms with Crippen molar-refractivity contribution in [2.24, 2.45) is 0 Å². The van der Waals surface area contributed by atoms with Crippen LogP contribution in [0.5, 0.6) is 0 Å². The maximum Gasteiger partial charge on any atom is 0.341 e. The van der Waals surface area contributed by atoms with Gasteiger partial charge in [0, 0.05) is 6.54 Å². The van der Waals surface area contributed by atoms with Crippen molar-refractivity contribution in [3.63, 3.8) is 0 Å². The highest BCUT2D eigenvalue weighted by Crippen LogP contribution is 2.19. The van der Waals surface area contributed by atoms with E-state index in [4.69, 9.17) is 4.74 Å². The predicted molar refractivity (Wildman–Crippen MR) is 97.1 cm³/mol. The number of para-hydroxylation sites is 2. The number of H-pyrrole nitrogens is 1. The van der Waals surface area contributed by atoms with Crippen LogP contribution < -0.4 is 5.69 Å². The lowest BCUT2D eigenvalue weighted by Crippen LogP contribution is -2.18. The minimum Gasteiger partial charge on any atom is -0.462 e. The number of alkyl halides is 2. The minimum atomic E-state index is -4.71. The molecule has 1 aromatic heterocycles. The van der Waals surface area contributed by atoms with Gasteiger partial charge in [-0.2, -0.15) is 8.78 Å². The zero-order chi connectivity index (χ0) is 20.3. The van der Waals surface area contributed by atoms with Crippen LogP contribution in [-0.2, 0) is 21.1 Å². The summed E-state index contributed by atoms with van der Waals surface area (Å²) in [5.41, 5.74) is 1.24. The smallest absolute Gasteiger partial charge is 0.341 e. The predicted octanol–water partition coefficient (Wildman–Crippen LogP) is 2.57. The molecule has 1 heterocycles. The number of rotatable bonds is 7. The molecule has 1 N–H and O–H groups in total. The van der Waals surface area contributed by atoms with Crippen LogP contribution in [0.2, 0.25) is 0 Å². The number of imidazole rings is 1. The van der Waals surface area contributed by atoms with Gasteiger partial charge in [0.1, 0.15) is 0 Å². The molecule has 28 heavy (non-hydrogen) atoms. The van der Waals surface area contributed by atoms with E-state index in [1.54, 1.807) is 12.1 Å². The van der Waals surface area contributed by atoms with Gasteiger partial charge in [-0.05, 0) is 42.8 Å². The topological polar surface area (TPSA) is 98.2 Å². The number of ether oxygens (including phenoxy) is 1. The number of carbonyl (C=O) groups excluding carboxylic acids is 1. The molecule has 0 saturated heterocycles. The second-order valence-electron chi connectivity index (χ2n) is 5.92. The zero-order valence-electron chi connectivity index (χ0n) is 14.5. The first kappa shape index (κ1) is 19.7. The number of carbonyl (C=O) groups is 1. The average molecular weight is 410 g/mol. The normalized spacial score (nSPS) is 11.8. The van der Waals surface area contributed by atoms with Gasteiger partial charge >= 0.3 is 17.4 Å². The number of esters is 1. The van der Waals surface area contributed by atoms with Crippen LogP contribution in [0.3, 0.4) is 0 Å². The molecule has 148 valence electrons. The van der Waals surface area contributed by atoms with E-state index in [0.29, 0.717) is 18.5 Å². The van der Waals surface area contributed by atoms with E-state index in [-0.39, 0.29) is 17.9 Å². The van der Waals surface area contributed by atoms with E-state index in [0.717, 1.165) is 29.8 Å². The summed E-state index contributed by atoms with van der Waals surface area (Å²) in [5.74, 6) is -4.24. The average Bonchev–Trinajstić information content (AvgIpc) is 3.00. The first-order valence-corrected chi connectivity index (χ1v) is 9.82. The maximum absolute atomic E-state index is 12.5. The van der Waals surface area contributed by atoms with Crippen molar-refractivity contribution in [1.82, 2.24) is 9.55 Å². The highest BCUT2D eigenvalue weighted by atomic mass is 32.2. The summed E-state index contributed by atoms with van der Waals surface area (Å²) in [5, 5.41) is 0. The van der Waals surface area contributed by atoms with Gasteiger partial charge in [0.2, 0.25) is 9.84 Å². The zero-order valence-corrected chi connectivity index (χ0v) is 15.3. The number of aromatic nitrogens is 2. The molecule has 0 saturated carbocycles. The fourth-order valence-corrected chi connectivity index (χ4v) is 3.40. The van der Waals surface area contributed by atoms with Crippen LogP contribution in [0.4, 0.5) is 8.78 Å². The highest BCUT2D eigenvalue weighted by molar-refractivity contribution is 7.91. The van der Waals surface area contributed by atoms with Crippen LogP contribution in [0.1, 0.15) is 16.8 Å². The molecule has 10 heteroatoms. The highest BCUT2D eigenvalue weighted by Gasteiger charge is 2.26. The molecule has 0 radical (unpaired) electrons. The third-order valence-electron chi connectivity index (χ3n) is 4.09. The summed E-state index contributed by atoms with van der Waals surface area (Å²) in [6.45, 7) is 0.365. The second-order valence-corrected chi connectivity index (χ2v) is 7.84. The Bertz CT molecular complexity index is 1150. The molecule has 3 aromatic rings. The Morgan fingerprint density at radius 3 is 2.46 bits per heavy atom. The van der Waals surface area contributed by atoms with Crippen LogP contribution >= 0.6 is 0 Å². The number of hydrogen-bond acceptors (Lipinski definition) is 5. The monoisotopic (exact) mass is 410 g/mol. The van der Waals surface area contributed by atoms with E-state index in [2.05, 4.69) is 4.98 Å². The second kappa shape index (κ2) is 7.93. The van der Waals surface area contributed by atoms with E-state index >= 15 is 0 Å². The third kappa shape index (κ3) is 3.96. The van der Waals surface area contributed by atoms with Crippen LogP contribution in [0.15, 0.2) is 58.2 Å². The molecule has 7 nitrogen and oxygen atoms in total. The molecule has 0 aliphatic rings. The van der Waals surface area contributed by atoms with Gasteiger partial charge in [-0.15, -0.1) is 0 Å². The van der Waals surface area contributed by atoms with Gasteiger partial charge in [-0.3, -0.25) is 4.57 Å². The van der Waals surface area contributed by atoms with Gasteiger partial charge in [-0.1, -0.05) is 12.1 Å². The molecule has 2 aromatic carbocycles. The number of benzene rings is 2. The van der Waals surface area contributed by atoms with Gasteiger partial charge in [-0.25, -0.2) is 18.0 Å². The van der Waals surface area contributed by atoms with Gasteiger partial charge in [0.05, 0.1) is 28.1 Å². The molecule has 0 unspecified atom stereocenters. The lowest BCUT2D eigenvalue weighted by Gasteiger charge is -2.07. The summed E-state index contributed by atoms with van der Waals surface area (Å²) in [6.07, 6.45) is 0.380. The van der Waals surface area contributed by atoms with Gasteiger partial charge in [0.15, 0.2) is 0 Å². The van der Waals surface area contributed by atoms with Gasteiger partial charge < -0.3 is 9.72 Å². The summed E-state index contributed by atoms with van der Waals surface area (Å²) >= 11 is 0. The standard InChI is InChI=1S/C18H16F2N2O5S/c19-17(20)28(25,26)13-8-6-12(7-9-13)16(23)27-11-3-10-22-15-5-2-1-4-14(15)21-18(22)24/h1-2,4-9,17H,3,10-11H2,(H,21,24). The van der Waals surface area contributed by atoms with E-state index in [1.807, 2.05) is 12.1 Å². The van der Waals surface area contributed by atoms with Crippen molar-refractivity contribution in [2.75, 3.05) is 6.61 Å². The molecular formula is C18H16F2N2O5S. The quantitative estimate of drug-likeness (QED) is 0.477. The largest absolute Gasteiger partial charge is 0.462 e. The van der Waals surface area contributed by atoms with Crippen molar-refractivity contribution in [1.29, 1.82) is 0 Å². The van der Waals surface area contributed by atoms with Crippen LogP contribution in [0, 0.1) is 0 Å². The SMILES string of the molecule is O=C(OCCCn1c(=O)[nH]c2ccccc21)c1ccc(S(=O)(=O)C(F)F)cc1. The molecule has 0 amide bonds. The summed E-state index contributed by atoms with van der Waals surface area (Å²) in [6, 6.07) is 11.3. The molecule has 3 rings (SSSR count). The van der Waals surface area contributed by atoms with Crippen LogP contribution in [-0.4, -0.2) is 36.3 Å². The number of aromatic amines is 1. The Morgan fingerprint density at radius 1 is 1.11 bits per heavy atom. The number of nitrogens with zero attached hydrogens (tertiary/aromatic N) is 1. The number of sulfone groups is 1. The van der Waals surface area contributed by atoms with E-state index in [9.17, 15) is 26.8 Å². The van der Waals surface area contributed by atoms with Crippen molar-refractivity contribution >= 4 is 26.8 Å².